The van der Waals surface area contributed by atoms with Crippen LogP contribution in [-0.4, -0.2) is 41.3 Å². The lowest BCUT2D eigenvalue weighted by atomic mass is 9.96. The number of hydrogen-bond acceptors (Lipinski definition) is 4. The summed E-state index contributed by atoms with van der Waals surface area (Å²) in [6.45, 7) is 2.05. The fourth-order valence-corrected chi connectivity index (χ4v) is 3.24. The third-order valence-corrected chi connectivity index (χ3v) is 4.96. The summed E-state index contributed by atoms with van der Waals surface area (Å²) in [5.74, 6) is -0.314. The molecule has 2 aromatic rings. The number of hydrogen-bond donors (Lipinski definition) is 2. The molecule has 0 unspecified atom stereocenters. The molecule has 6 nitrogen and oxygen atoms in total. The predicted molar refractivity (Wildman–Crippen MR) is 107 cm³/mol. The molecule has 0 aliphatic carbocycles. The Morgan fingerprint density at radius 1 is 1.14 bits per heavy atom. The Balaban J connectivity index is 1.39. The number of piperidine rings is 1. The molecular weight excluding hydrogens is 383 g/mol. The monoisotopic (exact) mass is 404 g/mol. The van der Waals surface area contributed by atoms with E-state index in [2.05, 4.69) is 20.5 Å². The largest absolute Gasteiger partial charge is 0.324 e. The molecule has 1 saturated heterocycles. The Labute approximate surface area is 168 Å². The number of nitrogens with zero attached hydrogens (tertiary/aromatic N) is 2. The van der Waals surface area contributed by atoms with Crippen LogP contribution >= 0.6 is 11.6 Å². The first-order chi connectivity index (χ1) is 13.5. The lowest BCUT2D eigenvalue weighted by Crippen LogP contribution is -2.39. The topological polar surface area (TPSA) is 74.3 Å². The van der Waals surface area contributed by atoms with Crippen molar-refractivity contribution in [2.75, 3.05) is 30.3 Å². The van der Waals surface area contributed by atoms with Gasteiger partial charge in [0.15, 0.2) is 0 Å². The van der Waals surface area contributed by atoms with E-state index in [1.54, 1.807) is 24.3 Å². The molecule has 2 N–H and O–H groups in total. The van der Waals surface area contributed by atoms with E-state index < -0.39 is 5.82 Å². The number of aromatic nitrogens is 1. The van der Waals surface area contributed by atoms with Crippen molar-refractivity contribution in [3.63, 3.8) is 0 Å². The van der Waals surface area contributed by atoms with Crippen LogP contribution in [0.15, 0.2) is 42.6 Å². The van der Waals surface area contributed by atoms with E-state index in [1.165, 1.54) is 18.3 Å². The zero-order valence-corrected chi connectivity index (χ0v) is 16.1. The maximum Gasteiger partial charge on any atom is 0.228 e. The van der Waals surface area contributed by atoms with E-state index in [0.717, 1.165) is 13.1 Å². The number of halogens is 2. The molecular formula is C20H22ClFN4O2. The summed E-state index contributed by atoms with van der Waals surface area (Å²) in [5, 5.41) is 5.92. The number of carbonyl (C=O) groups excluding carboxylic acids is 2. The second kappa shape index (κ2) is 9.61. The summed E-state index contributed by atoms with van der Waals surface area (Å²) < 4.78 is 13.6. The number of anilines is 2. The summed E-state index contributed by atoms with van der Waals surface area (Å²) in [6.07, 6.45) is 3.20. The van der Waals surface area contributed by atoms with Gasteiger partial charge in [0, 0.05) is 25.1 Å². The van der Waals surface area contributed by atoms with E-state index in [4.69, 9.17) is 11.6 Å². The van der Waals surface area contributed by atoms with Crippen molar-refractivity contribution in [1.82, 2.24) is 9.88 Å². The van der Waals surface area contributed by atoms with Gasteiger partial charge in [0.1, 0.15) is 11.6 Å². The van der Waals surface area contributed by atoms with Crippen LogP contribution in [0.1, 0.15) is 19.3 Å². The van der Waals surface area contributed by atoms with Crippen molar-refractivity contribution in [3.05, 3.63) is 53.4 Å². The second-order valence-corrected chi connectivity index (χ2v) is 7.18. The first kappa shape index (κ1) is 20.2. The van der Waals surface area contributed by atoms with Crippen LogP contribution in [0.2, 0.25) is 5.02 Å². The number of para-hydroxylation sites is 1. The number of amides is 2. The lowest BCUT2D eigenvalue weighted by molar-refractivity contribution is -0.121. The van der Waals surface area contributed by atoms with E-state index in [9.17, 15) is 14.0 Å². The molecule has 1 aromatic carbocycles. The van der Waals surface area contributed by atoms with Crippen LogP contribution in [0.3, 0.4) is 0 Å². The highest BCUT2D eigenvalue weighted by Crippen LogP contribution is 2.20. The highest BCUT2D eigenvalue weighted by atomic mass is 35.5. The molecule has 8 heteroatoms. The van der Waals surface area contributed by atoms with Crippen LogP contribution in [0.4, 0.5) is 15.9 Å². The number of nitrogens with one attached hydrogen (secondary N) is 2. The number of carbonyl (C=O) groups is 2. The molecule has 2 amide bonds. The van der Waals surface area contributed by atoms with Gasteiger partial charge in [0.25, 0.3) is 0 Å². The first-order valence-electron chi connectivity index (χ1n) is 9.20. The molecule has 1 aromatic heterocycles. The van der Waals surface area contributed by atoms with Crippen LogP contribution < -0.4 is 10.6 Å². The zero-order chi connectivity index (χ0) is 19.9. The first-order valence-corrected chi connectivity index (χ1v) is 9.58. The van der Waals surface area contributed by atoms with Crippen LogP contribution in [0.5, 0.6) is 0 Å². The van der Waals surface area contributed by atoms with Gasteiger partial charge in [0.2, 0.25) is 11.8 Å². The summed E-state index contributed by atoms with van der Waals surface area (Å²) in [6, 6.07) is 9.45. The summed E-state index contributed by atoms with van der Waals surface area (Å²) in [4.78, 5) is 30.6. The third-order valence-electron chi connectivity index (χ3n) is 4.74. The summed E-state index contributed by atoms with van der Waals surface area (Å²) >= 11 is 5.79. The van der Waals surface area contributed by atoms with Gasteiger partial charge in [-0.15, -0.1) is 0 Å². The molecule has 0 saturated carbocycles. The fourth-order valence-electron chi connectivity index (χ4n) is 3.13. The average molecular weight is 405 g/mol. The molecule has 3 rings (SSSR count). The second-order valence-electron chi connectivity index (χ2n) is 6.74. The molecule has 0 bridgehead atoms. The Bertz CT molecular complexity index is 823. The SMILES string of the molecule is O=C(CCN1CCC(C(=O)Nc2ccc(Cl)cn2)CC1)Nc1ccccc1F. The van der Waals surface area contributed by atoms with Crippen molar-refractivity contribution in [2.45, 2.75) is 19.3 Å². The van der Waals surface area contributed by atoms with Gasteiger partial charge in [-0.3, -0.25) is 9.59 Å². The number of likely N-dealkylation sites (tertiary alicyclic amines) is 1. The van der Waals surface area contributed by atoms with E-state index >= 15 is 0 Å². The molecule has 1 aliphatic heterocycles. The molecule has 0 atom stereocenters. The molecule has 148 valence electrons. The summed E-state index contributed by atoms with van der Waals surface area (Å²) in [5.41, 5.74) is 0.193. The Morgan fingerprint density at radius 3 is 2.57 bits per heavy atom. The Morgan fingerprint density at radius 2 is 1.89 bits per heavy atom. The van der Waals surface area contributed by atoms with Crippen molar-refractivity contribution >= 4 is 34.9 Å². The zero-order valence-electron chi connectivity index (χ0n) is 15.3. The Kier molecular flexibility index (Phi) is 6.95. The van der Waals surface area contributed by atoms with Crippen LogP contribution in [-0.2, 0) is 9.59 Å². The minimum Gasteiger partial charge on any atom is -0.324 e. The van der Waals surface area contributed by atoms with Crippen LogP contribution in [0, 0.1) is 11.7 Å². The van der Waals surface area contributed by atoms with Gasteiger partial charge in [-0.2, -0.15) is 0 Å². The van der Waals surface area contributed by atoms with Gasteiger partial charge in [0.05, 0.1) is 10.7 Å². The molecule has 0 radical (unpaired) electrons. The van der Waals surface area contributed by atoms with Crippen molar-refractivity contribution in [3.8, 4) is 0 Å². The standard InChI is InChI=1S/C20H22ClFN4O2/c21-15-5-6-18(23-13-15)25-20(28)14-7-10-26(11-8-14)12-9-19(27)24-17-4-2-1-3-16(17)22/h1-6,13-14H,7-12H2,(H,24,27)(H,23,25,28). The van der Waals surface area contributed by atoms with Gasteiger partial charge in [-0.25, -0.2) is 9.37 Å². The normalized spacial score (nSPS) is 15.2. The highest BCUT2D eigenvalue weighted by Gasteiger charge is 2.25. The van der Waals surface area contributed by atoms with E-state index in [-0.39, 0.29) is 29.8 Å². The highest BCUT2D eigenvalue weighted by molar-refractivity contribution is 6.30. The minimum atomic E-state index is -0.446. The van der Waals surface area contributed by atoms with Crippen molar-refractivity contribution < 1.29 is 14.0 Å². The van der Waals surface area contributed by atoms with Gasteiger partial charge in [-0.1, -0.05) is 23.7 Å². The third kappa shape index (κ3) is 5.74. The van der Waals surface area contributed by atoms with Crippen LogP contribution in [0.25, 0.3) is 0 Å². The number of benzene rings is 1. The van der Waals surface area contributed by atoms with E-state index in [0.29, 0.717) is 30.2 Å². The molecule has 1 fully saturated rings. The molecule has 1 aliphatic rings. The lowest BCUT2D eigenvalue weighted by Gasteiger charge is -2.31. The maximum absolute atomic E-state index is 13.6. The van der Waals surface area contributed by atoms with Crippen molar-refractivity contribution in [2.24, 2.45) is 5.92 Å². The van der Waals surface area contributed by atoms with Gasteiger partial charge < -0.3 is 15.5 Å². The maximum atomic E-state index is 13.6. The van der Waals surface area contributed by atoms with Crippen molar-refractivity contribution in [1.29, 1.82) is 0 Å². The molecule has 0 spiro atoms. The van der Waals surface area contributed by atoms with E-state index in [1.807, 2.05) is 0 Å². The number of rotatable bonds is 6. The minimum absolute atomic E-state index is 0.0493. The van der Waals surface area contributed by atoms with Gasteiger partial charge >= 0.3 is 0 Å². The Hall–Kier alpha value is -2.51. The summed E-state index contributed by atoms with van der Waals surface area (Å²) in [7, 11) is 0. The fraction of sp³-hybridized carbons (Fsp3) is 0.350. The van der Waals surface area contributed by atoms with Gasteiger partial charge in [-0.05, 0) is 50.2 Å². The smallest absolute Gasteiger partial charge is 0.228 e. The predicted octanol–water partition coefficient (Wildman–Crippen LogP) is 3.55. The quantitative estimate of drug-likeness (QED) is 0.772. The molecule has 2 heterocycles. The molecule has 28 heavy (non-hydrogen) atoms. The number of pyridine rings is 1. The average Bonchev–Trinajstić information content (AvgIpc) is 2.70.